The summed E-state index contributed by atoms with van der Waals surface area (Å²) in [5.41, 5.74) is -0.262. The third-order valence-corrected chi connectivity index (χ3v) is 4.26. The van der Waals surface area contributed by atoms with Crippen LogP contribution in [0.25, 0.3) is 16.8 Å². The van der Waals surface area contributed by atoms with E-state index in [2.05, 4.69) is 20.1 Å². The minimum Gasteiger partial charge on any atom is -0.421 e. The molecule has 7 nitrogen and oxygen atoms in total. The van der Waals surface area contributed by atoms with Crippen molar-refractivity contribution in [2.45, 2.75) is 19.3 Å². The maximum Gasteiger partial charge on any atom is 0.573 e. The zero-order valence-electron chi connectivity index (χ0n) is 14.1. The van der Waals surface area contributed by atoms with E-state index in [1.165, 1.54) is 17.1 Å². The van der Waals surface area contributed by atoms with Crippen molar-refractivity contribution in [2.75, 3.05) is 24.5 Å². The molecular weight excluding hydrogens is 370 g/mol. The lowest BCUT2D eigenvalue weighted by Crippen LogP contribution is -2.50. The van der Waals surface area contributed by atoms with Crippen LogP contribution in [0.2, 0.25) is 0 Å². The van der Waals surface area contributed by atoms with Crippen molar-refractivity contribution in [3.63, 3.8) is 0 Å². The SMILES string of the molecule is CC1CNCCN1c1nc2c(OC(F)(F)F)c(F)cc(-n3cccn3)c2o1. The summed E-state index contributed by atoms with van der Waals surface area (Å²) in [6.07, 6.45) is -2.09. The summed E-state index contributed by atoms with van der Waals surface area (Å²) in [5, 5.41) is 7.19. The van der Waals surface area contributed by atoms with Crippen LogP contribution in [0.3, 0.4) is 0 Å². The van der Waals surface area contributed by atoms with Crippen LogP contribution in [0.15, 0.2) is 28.9 Å². The van der Waals surface area contributed by atoms with E-state index in [1.54, 1.807) is 11.0 Å². The minimum absolute atomic E-state index is 0.00297. The van der Waals surface area contributed by atoms with E-state index in [4.69, 9.17) is 4.42 Å². The van der Waals surface area contributed by atoms with Gasteiger partial charge in [0.05, 0.1) is 0 Å². The first kappa shape index (κ1) is 17.6. The highest BCUT2D eigenvalue weighted by Crippen LogP contribution is 2.38. The van der Waals surface area contributed by atoms with Crippen molar-refractivity contribution in [3.8, 4) is 11.4 Å². The molecule has 0 bridgehead atoms. The van der Waals surface area contributed by atoms with E-state index in [1.807, 2.05) is 6.92 Å². The van der Waals surface area contributed by atoms with Gasteiger partial charge < -0.3 is 19.4 Å². The molecule has 4 rings (SSSR count). The third-order valence-electron chi connectivity index (χ3n) is 4.26. The molecule has 11 heteroatoms. The average Bonchev–Trinajstić information content (AvgIpc) is 3.26. The number of alkyl halides is 3. The van der Waals surface area contributed by atoms with Crippen LogP contribution in [0, 0.1) is 5.82 Å². The number of piperazine rings is 1. The summed E-state index contributed by atoms with van der Waals surface area (Å²) in [4.78, 5) is 5.93. The Morgan fingerprint density at radius 2 is 2.19 bits per heavy atom. The summed E-state index contributed by atoms with van der Waals surface area (Å²) in [6, 6.07) is 2.58. The lowest BCUT2D eigenvalue weighted by molar-refractivity contribution is -0.275. The Hall–Kier alpha value is -2.82. The van der Waals surface area contributed by atoms with Gasteiger partial charge in [0.15, 0.2) is 22.7 Å². The topological polar surface area (TPSA) is 68.3 Å². The van der Waals surface area contributed by atoms with Crippen LogP contribution in [-0.4, -0.2) is 46.8 Å². The first-order valence-electron chi connectivity index (χ1n) is 8.19. The van der Waals surface area contributed by atoms with E-state index < -0.39 is 17.9 Å². The fourth-order valence-corrected chi connectivity index (χ4v) is 3.04. The Morgan fingerprint density at radius 3 is 2.85 bits per heavy atom. The van der Waals surface area contributed by atoms with Crippen molar-refractivity contribution in [1.29, 1.82) is 0 Å². The Kier molecular flexibility index (Phi) is 4.17. The molecule has 0 spiro atoms. The molecule has 1 aliphatic rings. The maximum atomic E-state index is 14.5. The first-order valence-corrected chi connectivity index (χ1v) is 8.19. The van der Waals surface area contributed by atoms with Crippen molar-refractivity contribution in [1.82, 2.24) is 20.1 Å². The molecule has 1 fully saturated rings. The second-order valence-electron chi connectivity index (χ2n) is 6.13. The zero-order chi connectivity index (χ0) is 19.2. The lowest BCUT2D eigenvalue weighted by Gasteiger charge is -2.32. The molecule has 1 saturated heterocycles. The van der Waals surface area contributed by atoms with Crippen LogP contribution in [0.4, 0.5) is 23.6 Å². The molecule has 3 aromatic rings. The standard InChI is InChI=1S/C16H15F4N5O2/c1-9-8-21-4-6-24(9)15-23-12-13(27-16(18,19)20)10(17)7-11(14(12)26-15)25-5-2-3-22-25/h2-3,5,7,9,21H,4,6,8H2,1H3. The molecule has 0 saturated carbocycles. The molecule has 3 heterocycles. The van der Waals surface area contributed by atoms with E-state index in [9.17, 15) is 17.6 Å². The summed E-state index contributed by atoms with van der Waals surface area (Å²) in [5.74, 6) is -2.23. The number of nitrogens with zero attached hydrogens (tertiary/aromatic N) is 4. The summed E-state index contributed by atoms with van der Waals surface area (Å²) < 4.78 is 63.7. The molecule has 1 aliphatic heterocycles. The average molecular weight is 385 g/mol. The molecule has 1 aromatic carbocycles. The van der Waals surface area contributed by atoms with Gasteiger partial charge >= 0.3 is 6.36 Å². The lowest BCUT2D eigenvalue weighted by atomic mass is 10.2. The summed E-state index contributed by atoms with van der Waals surface area (Å²) in [7, 11) is 0. The number of halogens is 4. The van der Waals surface area contributed by atoms with Gasteiger partial charge in [-0.3, -0.25) is 0 Å². The van der Waals surface area contributed by atoms with Gasteiger partial charge in [0, 0.05) is 44.1 Å². The second kappa shape index (κ2) is 6.41. The number of hydrogen-bond donors (Lipinski definition) is 1. The van der Waals surface area contributed by atoms with E-state index in [-0.39, 0.29) is 28.8 Å². The Morgan fingerprint density at radius 1 is 1.37 bits per heavy atom. The van der Waals surface area contributed by atoms with Gasteiger partial charge in [-0.05, 0) is 13.0 Å². The predicted molar refractivity (Wildman–Crippen MR) is 87.4 cm³/mol. The van der Waals surface area contributed by atoms with E-state index >= 15 is 0 Å². The number of aromatic nitrogens is 3. The molecule has 1 atom stereocenters. The summed E-state index contributed by atoms with van der Waals surface area (Å²) >= 11 is 0. The number of fused-ring (bicyclic) bond motifs is 1. The molecule has 1 N–H and O–H groups in total. The van der Waals surface area contributed by atoms with Crippen LogP contribution in [-0.2, 0) is 0 Å². The van der Waals surface area contributed by atoms with E-state index in [0.717, 1.165) is 6.07 Å². The van der Waals surface area contributed by atoms with Gasteiger partial charge in [0.25, 0.3) is 6.01 Å². The number of anilines is 1. The number of hydrogen-bond acceptors (Lipinski definition) is 6. The number of rotatable bonds is 3. The van der Waals surface area contributed by atoms with Crippen LogP contribution < -0.4 is 15.0 Å². The Bertz CT molecular complexity index is 954. The van der Waals surface area contributed by atoms with Crippen LogP contribution in [0.5, 0.6) is 5.75 Å². The van der Waals surface area contributed by atoms with Crippen molar-refractivity contribution >= 4 is 17.1 Å². The molecule has 0 radical (unpaired) electrons. The molecule has 27 heavy (non-hydrogen) atoms. The zero-order valence-corrected chi connectivity index (χ0v) is 14.1. The highest BCUT2D eigenvalue weighted by Gasteiger charge is 2.36. The van der Waals surface area contributed by atoms with Crippen molar-refractivity contribution < 1.29 is 26.7 Å². The van der Waals surface area contributed by atoms with Crippen LogP contribution >= 0.6 is 0 Å². The number of nitrogens with one attached hydrogen (secondary N) is 1. The fourth-order valence-electron chi connectivity index (χ4n) is 3.04. The molecule has 144 valence electrons. The number of benzene rings is 1. The van der Waals surface area contributed by atoms with Crippen molar-refractivity contribution in [2.24, 2.45) is 0 Å². The normalized spacial score (nSPS) is 18.3. The van der Waals surface area contributed by atoms with Crippen molar-refractivity contribution in [3.05, 3.63) is 30.3 Å². The Labute approximate surface area is 150 Å². The molecular formula is C16H15F4N5O2. The predicted octanol–water partition coefficient (Wildman–Crippen LogP) is 2.85. The first-order chi connectivity index (χ1) is 12.8. The van der Waals surface area contributed by atoms with Crippen LogP contribution in [0.1, 0.15) is 6.92 Å². The quantitative estimate of drug-likeness (QED) is 0.700. The van der Waals surface area contributed by atoms with E-state index in [0.29, 0.717) is 19.6 Å². The highest BCUT2D eigenvalue weighted by atomic mass is 19.4. The van der Waals surface area contributed by atoms with Gasteiger partial charge in [0.2, 0.25) is 0 Å². The summed E-state index contributed by atoms with van der Waals surface area (Å²) in [6.45, 7) is 3.78. The van der Waals surface area contributed by atoms with Gasteiger partial charge in [-0.1, -0.05) is 0 Å². The van der Waals surface area contributed by atoms with Gasteiger partial charge in [0.1, 0.15) is 5.69 Å². The minimum atomic E-state index is -5.07. The molecule has 1 unspecified atom stereocenters. The molecule has 0 amide bonds. The smallest absolute Gasteiger partial charge is 0.421 e. The fraction of sp³-hybridized carbons (Fsp3) is 0.375. The largest absolute Gasteiger partial charge is 0.573 e. The second-order valence-corrected chi connectivity index (χ2v) is 6.13. The molecule has 2 aromatic heterocycles. The van der Waals surface area contributed by atoms with Gasteiger partial charge in [-0.2, -0.15) is 10.1 Å². The maximum absolute atomic E-state index is 14.5. The third kappa shape index (κ3) is 3.29. The van der Waals surface area contributed by atoms with Gasteiger partial charge in [-0.15, -0.1) is 13.2 Å². The Balaban J connectivity index is 1.91. The van der Waals surface area contributed by atoms with Gasteiger partial charge in [-0.25, -0.2) is 9.07 Å². The number of oxazole rings is 1. The number of ether oxygens (including phenoxy) is 1. The molecule has 0 aliphatic carbocycles. The highest BCUT2D eigenvalue weighted by molar-refractivity contribution is 5.88. The monoisotopic (exact) mass is 385 g/mol.